The van der Waals surface area contributed by atoms with Crippen LogP contribution in [-0.2, 0) is 16.0 Å². The van der Waals surface area contributed by atoms with Gasteiger partial charge in [0.15, 0.2) is 9.84 Å². The lowest BCUT2D eigenvalue weighted by Gasteiger charge is -2.76. The van der Waals surface area contributed by atoms with Gasteiger partial charge in [-0.2, -0.15) is 26.3 Å². The molecule has 186 valence electrons. The third kappa shape index (κ3) is 4.01. The molecule has 1 saturated heterocycles. The molecule has 1 aromatic carbocycles. The number of hydrogen-bond donors (Lipinski definition) is 2. The molecule has 4 aliphatic rings. The normalized spacial score (nSPS) is 36.6. The number of ether oxygens (including phenoxy) is 1. The SMILES string of the molecule is C[C@H]1C[C@@](O)(C23CC(C(F)(F)F)(C2)C3)C[C@@H](COc2ccc(S(C)(=O)=O)c(C(F)(F)F)c2)N1. The van der Waals surface area contributed by atoms with E-state index in [9.17, 15) is 39.9 Å². The summed E-state index contributed by atoms with van der Waals surface area (Å²) in [5.74, 6) is -0.195. The van der Waals surface area contributed by atoms with Crippen LogP contribution in [0.5, 0.6) is 5.75 Å². The molecule has 3 aliphatic carbocycles. The molecule has 4 fully saturated rings. The highest BCUT2D eigenvalue weighted by molar-refractivity contribution is 7.90. The Labute approximate surface area is 187 Å². The predicted molar refractivity (Wildman–Crippen MR) is 105 cm³/mol. The standard InChI is InChI=1S/C21H25F6NO4S/c1-12-6-19(29,17-9-18(10-17,11-17)21(25,26)27)7-13(28-12)8-32-14-3-4-16(33(2,30)31)15(5-14)20(22,23)24/h3-5,12-13,28-29H,6-11H2,1-2H3/t12-,13-,17?,18?,19-/m0/s1. The first-order chi connectivity index (χ1) is 14.9. The van der Waals surface area contributed by atoms with E-state index in [-0.39, 0.29) is 50.5 Å². The largest absolute Gasteiger partial charge is 0.492 e. The van der Waals surface area contributed by atoms with Crippen LogP contribution in [0.3, 0.4) is 0 Å². The van der Waals surface area contributed by atoms with E-state index in [1.165, 1.54) is 0 Å². The van der Waals surface area contributed by atoms with Crippen molar-refractivity contribution < 1.29 is 44.6 Å². The number of sulfone groups is 1. The van der Waals surface area contributed by atoms with Crippen LogP contribution in [0.25, 0.3) is 0 Å². The fourth-order valence-electron chi connectivity index (χ4n) is 5.98. The molecule has 5 rings (SSSR count). The summed E-state index contributed by atoms with van der Waals surface area (Å²) < 4.78 is 109. The van der Waals surface area contributed by atoms with Crippen LogP contribution in [0, 0.1) is 10.8 Å². The summed E-state index contributed by atoms with van der Waals surface area (Å²) in [4.78, 5) is -0.858. The van der Waals surface area contributed by atoms with Crippen molar-refractivity contribution in [3.63, 3.8) is 0 Å². The highest BCUT2D eigenvalue weighted by Gasteiger charge is 2.83. The van der Waals surface area contributed by atoms with Crippen molar-refractivity contribution in [3.8, 4) is 5.75 Å². The minimum Gasteiger partial charge on any atom is -0.492 e. The van der Waals surface area contributed by atoms with E-state index in [2.05, 4.69) is 5.32 Å². The van der Waals surface area contributed by atoms with Gasteiger partial charge in [-0.05, 0) is 57.2 Å². The molecular formula is C21H25F6NO4S. The smallest absolute Gasteiger partial charge is 0.417 e. The molecule has 3 saturated carbocycles. The van der Waals surface area contributed by atoms with Gasteiger partial charge in [-0.3, -0.25) is 0 Å². The van der Waals surface area contributed by atoms with Gasteiger partial charge >= 0.3 is 12.4 Å². The fourth-order valence-corrected chi connectivity index (χ4v) is 6.87. The molecule has 0 spiro atoms. The summed E-state index contributed by atoms with van der Waals surface area (Å²) in [5.41, 5.74) is -5.15. The van der Waals surface area contributed by atoms with Gasteiger partial charge in [-0.1, -0.05) is 0 Å². The lowest BCUT2D eigenvalue weighted by molar-refractivity contribution is -0.403. The summed E-state index contributed by atoms with van der Waals surface area (Å²) in [7, 11) is -4.12. The lowest BCUT2D eigenvalue weighted by Crippen LogP contribution is -2.78. The monoisotopic (exact) mass is 501 g/mol. The second kappa shape index (κ2) is 7.24. The second-order valence-electron chi connectivity index (χ2n) is 10.0. The van der Waals surface area contributed by atoms with E-state index in [0.29, 0.717) is 12.3 Å². The highest BCUT2D eigenvalue weighted by atomic mass is 32.2. The van der Waals surface area contributed by atoms with E-state index >= 15 is 0 Å². The van der Waals surface area contributed by atoms with Gasteiger partial charge in [0.25, 0.3) is 0 Å². The van der Waals surface area contributed by atoms with Crippen molar-refractivity contribution in [3.05, 3.63) is 23.8 Å². The maximum absolute atomic E-state index is 13.4. The third-order valence-electron chi connectivity index (χ3n) is 7.47. The van der Waals surface area contributed by atoms with Gasteiger partial charge in [0.1, 0.15) is 12.4 Å². The van der Waals surface area contributed by atoms with Gasteiger partial charge in [0, 0.05) is 23.8 Å². The molecule has 1 aliphatic heterocycles. The zero-order chi connectivity index (χ0) is 24.7. The Morgan fingerprint density at radius 3 is 2.24 bits per heavy atom. The topological polar surface area (TPSA) is 75.6 Å². The third-order valence-corrected chi connectivity index (χ3v) is 8.63. The van der Waals surface area contributed by atoms with Gasteiger partial charge in [-0.15, -0.1) is 0 Å². The van der Waals surface area contributed by atoms with Crippen molar-refractivity contribution in [2.75, 3.05) is 12.9 Å². The number of halogens is 6. The van der Waals surface area contributed by atoms with Gasteiger partial charge < -0.3 is 15.2 Å². The predicted octanol–water partition coefficient (Wildman–Crippen LogP) is 4.09. The molecule has 33 heavy (non-hydrogen) atoms. The minimum absolute atomic E-state index is 0.109. The van der Waals surface area contributed by atoms with E-state index in [1.54, 1.807) is 6.92 Å². The maximum Gasteiger partial charge on any atom is 0.417 e. The Balaban J connectivity index is 1.46. The van der Waals surface area contributed by atoms with Gasteiger partial charge in [0.05, 0.1) is 21.5 Å². The summed E-state index contributed by atoms with van der Waals surface area (Å²) in [5, 5.41) is 14.5. The van der Waals surface area contributed by atoms with E-state index < -0.39 is 55.1 Å². The van der Waals surface area contributed by atoms with Crippen LogP contribution in [0.15, 0.2) is 23.1 Å². The molecule has 2 bridgehead atoms. The average Bonchev–Trinajstić information content (AvgIpc) is 2.53. The molecule has 12 heteroatoms. The number of rotatable bonds is 5. The van der Waals surface area contributed by atoms with Crippen molar-refractivity contribution in [2.24, 2.45) is 10.8 Å². The first-order valence-electron chi connectivity index (χ1n) is 10.5. The van der Waals surface area contributed by atoms with Crippen molar-refractivity contribution in [1.29, 1.82) is 0 Å². The molecule has 3 atom stereocenters. The average molecular weight is 501 g/mol. The zero-order valence-corrected chi connectivity index (χ0v) is 18.8. The molecular weight excluding hydrogens is 476 g/mol. The Kier molecular flexibility index (Phi) is 5.39. The van der Waals surface area contributed by atoms with Crippen LogP contribution < -0.4 is 10.1 Å². The molecule has 5 nitrogen and oxygen atoms in total. The number of benzene rings is 1. The number of alkyl halides is 6. The number of nitrogens with one attached hydrogen (secondary N) is 1. The molecule has 1 aromatic rings. The molecule has 0 aromatic heterocycles. The maximum atomic E-state index is 13.4. The molecule has 0 radical (unpaired) electrons. The summed E-state index contributed by atoms with van der Waals surface area (Å²) in [6, 6.07) is 1.84. The number of hydrogen-bond acceptors (Lipinski definition) is 5. The molecule has 0 amide bonds. The van der Waals surface area contributed by atoms with Gasteiger partial charge in [-0.25, -0.2) is 8.42 Å². The van der Waals surface area contributed by atoms with Crippen molar-refractivity contribution in [1.82, 2.24) is 5.32 Å². The van der Waals surface area contributed by atoms with Gasteiger partial charge in [0.2, 0.25) is 0 Å². The van der Waals surface area contributed by atoms with E-state index in [0.717, 1.165) is 12.1 Å². The van der Waals surface area contributed by atoms with Crippen LogP contribution in [0.2, 0.25) is 0 Å². The summed E-state index contributed by atoms with van der Waals surface area (Å²) in [6.45, 7) is 1.65. The van der Waals surface area contributed by atoms with Crippen LogP contribution in [0.4, 0.5) is 26.3 Å². The molecule has 1 heterocycles. The Bertz CT molecular complexity index is 1030. The summed E-state index contributed by atoms with van der Waals surface area (Å²) >= 11 is 0. The Morgan fingerprint density at radius 2 is 1.73 bits per heavy atom. The zero-order valence-electron chi connectivity index (χ0n) is 18.0. The molecule has 0 unspecified atom stereocenters. The van der Waals surface area contributed by atoms with E-state index in [1.807, 2.05) is 0 Å². The Hall–Kier alpha value is -1.53. The van der Waals surface area contributed by atoms with Crippen LogP contribution in [-0.4, -0.2) is 50.2 Å². The van der Waals surface area contributed by atoms with E-state index in [4.69, 9.17) is 4.74 Å². The summed E-state index contributed by atoms with van der Waals surface area (Å²) in [6.07, 6.45) is -8.46. The Morgan fingerprint density at radius 1 is 1.12 bits per heavy atom. The first-order valence-corrected chi connectivity index (χ1v) is 12.4. The molecule has 2 N–H and O–H groups in total. The first kappa shape index (κ1) is 24.6. The second-order valence-corrected chi connectivity index (χ2v) is 12.0. The fraction of sp³-hybridized carbons (Fsp3) is 0.714. The minimum atomic E-state index is -4.91. The lowest BCUT2D eigenvalue weighted by atomic mass is 9.29. The highest BCUT2D eigenvalue weighted by Crippen LogP contribution is 2.82. The van der Waals surface area contributed by atoms with Crippen molar-refractivity contribution in [2.45, 2.75) is 74.0 Å². The van der Waals surface area contributed by atoms with Crippen LogP contribution in [0.1, 0.15) is 44.6 Å². The number of aliphatic hydroxyl groups is 1. The van der Waals surface area contributed by atoms with Crippen LogP contribution >= 0.6 is 0 Å². The quantitative estimate of drug-likeness (QED) is 0.595. The number of piperidine rings is 1. The van der Waals surface area contributed by atoms with Crippen molar-refractivity contribution >= 4 is 9.84 Å².